The fraction of sp³-hybridized carbons (Fsp3) is 0.263. The van der Waals surface area contributed by atoms with Gasteiger partial charge in [0.15, 0.2) is 0 Å². The monoisotopic (exact) mass is 311 g/mol. The van der Waals surface area contributed by atoms with E-state index in [4.69, 9.17) is 4.74 Å². The lowest BCUT2D eigenvalue weighted by Gasteiger charge is -2.21. The van der Waals surface area contributed by atoms with E-state index in [1.807, 2.05) is 0 Å². The molecule has 0 spiro atoms. The van der Waals surface area contributed by atoms with Crippen molar-refractivity contribution in [3.63, 3.8) is 0 Å². The van der Waals surface area contributed by atoms with Crippen LogP contribution in [-0.2, 0) is 0 Å². The molecule has 2 nitrogen and oxygen atoms in total. The van der Waals surface area contributed by atoms with E-state index in [9.17, 15) is 0 Å². The third kappa shape index (κ3) is 3.49. The Kier molecular flexibility index (Phi) is 4.76. The first-order valence-corrected chi connectivity index (χ1v) is 8.49. The molecule has 1 atom stereocenters. The van der Waals surface area contributed by atoms with E-state index in [1.54, 1.807) is 11.3 Å². The van der Waals surface area contributed by atoms with Gasteiger partial charge in [0.05, 0.1) is 0 Å². The lowest BCUT2D eigenvalue weighted by Crippen LogP contribution is -2.18. The Morgan fingerprint density at radius 3 is 2.64 bits per heavy atom. The molecule has 1 aromatic heterocycles. The molecule has 0 fully saturated rings. The summed E-state index contributed by atoms with van der Waals surface area (Å²) in [4.78, 5) is 2.20. The Hall–Kier alpha value is -1.84. The van der Waals surface area contributed by atoms with Gasteiger partial charge in [-0.1, -0.05) is 36.4 Å². The maximum absolute atomic E-state index is 6.40. The van der Waals surface area contributed by atoms with Crippen LogP contribution in [0.5, 0.6) is 5.75 Å². The van der Waals surface area contributed by atoms with Crippen molar-refractivity contribution < 1.29 is 4.74 Å². The summed E-state index contributed by atoms with van der Waals surface area (Å²) in [5.74, 6) is 0.966. The molecule has 0 N–H and O–H groups in total. The number of benzene rings is 2. The van der Waals surface area contributed by atoms with Gasteiger partial charge in [0.25, 0.3) is 0 Å². The van der Waals surface area contributed by atoms with Crippen LogP contribution in [0.2, 0.25) is 0 Å². The second-order valence-electron chi connectivity index (χ2n) is 5.73. The van der Waals surface area contributed by atoms with Gasteiger partial charge in [-0.2, -0.15) is 11.3 Å². The van der Waals surface area contributed by atoms with Gasteiger partial charge in [0.2, 0.25) is 0 Å². The first kappa shape index (κ1) is 15.1. The highest BCUT2D eigenvalue weighted by Gasteiger charge is 2.15. The Morgan fingerprint density at radius 1 is 1.05 bits per heavy atom. The molecule has 0 amide bonds. The molecule has 1 heterocycles. The zero-order valence-corrected chi connectivity index (χ0v) is 13.8. The van der Waals surface area contributed by atoms with Crippen molar-refractivity contribution in [2.45, 2.75) is 12.5 Å². The topological polar surface area (TPSA) is 12.5 Å². The number of nitrogens with zero attached hydrogens (tertiary/aromatic N) is 1. The van der Waals surface area contributed by atoms with Crippen molar-refractivity contribution in [3.05, 3.63) is 64.9 Å². The normalized spacial score (nSPS) is 12.7. The van der Waals surface area contributed by atoms with Gasteiger partial charge in [-0.25, -0.2) is 0 Å². The Balaban J connectivity index is 1.88. The highest BCUT2D eigenvalue weighted by molar-refractivity contribution is 7.07. The standard InChI is InChI=1S/C19H21NOS/c1-20(2)12-10-18(16-11-13-22-14-16)21-19-9-5-7-15-6-3-4-8-17(15)19/h3-9,11,13-14,18H,10,12H2,1-2H3/t18-/m0/s1. The van der Waals surface area contributed by atoms with Crippen molar-refractivity contribution in [2.24, 2.45) is 0 Å². The first-order chi connectivity index (χ1) is 10.7. The maximum atomic E-state index is 6.40. The highest BCUT2D eigenvalue weighted by atomic mass is 32.1. The number of hydrogen-bond acceptors (Lipinski definition) is 3. The molecule has 0 bridgehead atoms. The summed E-state index contributed by atoms with van der Waals surface area (Å²) in [6, 6.07) is 16.8. The SMILES string of the molecule is CN(C)CC[C@H](Oc1cccc2ccccc12)c1ccsc1. The average Bonchev–Trinajstić information content (AvgIpc) is 3.05. The van der Waals surface area contributed by atoms with Crippen LogP contribution in [0.1, 0.15) is 18.1 Å². The number of thiophene rings is 1. The van der Waals surface area contributed by atoms with Gasteiger partial charge in [-0.3, -0.25) is 0 Å². The van der Waals surface area contributed by atoms with E-state index >= 15 is 0 Å². The zero-order chi connectivity index (χ0) is 15.4. The third-order valence-electron chi connectivity index (χ3n) is 3.77. The molecule has 0 aliphatic rings. The van der Waals surface area contributed by atoms with Gasteiger partial charge in [-0.15, -0.1) is 0 Å². The average molecular weight is 311 g/mol. The molecule has 3 rings (SSSR count). The summed E-state index contributed by atoms with van der Waals surface area (Å²) in [5, 5.41) is 6.70. The van der Waals surface area contributed by atoms with Crippen LogP contribution >= 0.6 is 11.3 Å². The Labute approximate surface area is 136 Å². The predicted molar refractivity (Wildman–Crippen MR) is 94.8 cm³/mol. The lowest BCUT2D eigenvalue weighted by molar-refractivity contribution is 0.182. The molecule has 0 saturated carbocycles. The van der Waals surface area contributed by atoms with Crippen molar-refractivity contribution in [1.82, 2.24) is 4.90 Å². The van der Waals surface area contributed by atoms with Crippen LogP contribution < -0.4 is 4.74 Å². The van der Waals surface area contributed by atoms with E-state index in [1.165, 1.54) is 16.3 Å². The second-order valence-corrected chi connectivity index (χ2v) is 6.51. The molecule has 3 aromatic rings. The number of hydrogen-bond donors (Lipinski definition) is 0. The van der Waals surface area contributed by atoms with Crippen LogP contribution in [0.25, 0.3) is 10.8 Å². The zero-order valence-electron chi connectivity index (χ0n) is 13.0. The van der Waals surface area contributed by atoms with Crippen LogP contribution in [0.15, 0.2) is 59.3 Å². The van der Waals surface area contributed by atoms with Crippen LogP contribution in [0.4, 0.5) is 0 Å². The number of ether oxygens (including phenoxy) is 1. The van der Waals surface area contributed by atoms with E-state index < -0.39 is 0 Å². The van der Waals surface area contributed by atoms with Crippen LogP contribution in [0, 0.1) is 0 Å². The first-order valence-electron chi connectivity index (χ1n) is 7.55. The molecule has 0 saturated heterocycles. The molecular formula is C19H21NOS. The molecule has 0 aliphatic heterocycles. The smallest absolute Gasteiger partial charge is 0.128 e. The van der Waals surface area contributed by atoms with Crippen LogP contribution in [-0.4, -0.2) is 25.5 Å². The van der Waals surface area contributed by atoms with Crippen molar-refractivity contribution in [3.8, 4) is 5.75 Å². The van der Waals surface area contributed by atoms with Crippen molar-refractivity contribution >= 4 is 22.1 Å². The second kappa shape index (κ2) is 6.95. The summed E-state index contributed by atoms with van der Waals surface area (Å²) >= 11 is 1.72. The minimum Gasteiger partial charge on any atom is -0.485 e. The van der Waals surface area contributed by atoms with E-state index in [2.05, 4.69) is 78.3 Å². The molecule has 0 aliphatic carbocycles. The molecule has 0 radical (unpaired) electrons. The summed E-state index contributed by atoms with van der Waals surface area (Å²) in [6.07, 6.45) is 1.08. The van der Waals surface area contributed by atoms with E-state index in [0.29, 0.717) is 0 Å². The molecular weight excluding hydrogens is 290 g/mol. The fourth-order valence-corrected chi connectivity index (χ4v) is 3.28. The molecule has 114 valence electrons. The summed E-state index contributed by atoms with van der Waals surface area (Å²) in [5.41, 5.74) is 1.26. The fourth-order valence-electron chi connectivity index (χ4n) is 2.58. The van der Waals surface area contributed by atoms with Crippen LogP contribution in [0.3, 0.4) is 0 Å². The largest absolute Gasteiger partial charge is 0.485 e. The summed E-state index contributed by atoms with van der Waals surface area (Å²) in [7, 11) is 4.20. The minimum absolute atomic E-state index is 0.0967. The molecule has 0 unspecified atom stereocenters. The van der Waals surface area contributed by atoms with Gasteiger partial charge < -0.3 is 9.64 Å². The third-order valence-corrected chi connectivity index (χ3v) is 4.47. The molecule has 22 heavy (non-hydrogen) atoms. The van der Waals surface area contributed by atoms with Gasteiger partial charge in [0.1, 0.15) is 11.9 Å². The lowest BCUT2D eigenvalue weighted by atomic mass is 10.1. The van der Waals surface area contributed by atoms with Crippen molar-refractivity contribution in [1.29, 1.82) is 0 Å². The van der Waals surface area contributed by atoms with Crippen molar-refractivity contribution in [2.75, 3.05) is 20.6 Å². The predicted octanol–water partition coefficient (Wildman–Crippen LogP) is 4.97. The maximum Gasteiger partial charge on any atom is 0.128 e. The summed E-state index contributed by atoms with van der Waals surface area (Å²) < 4.78 is 6.40. The molecule has 2 aromatic carbocycles. The minimum atomic E-state index is 0.0967. The van der Waals surface area contributed by atoms with Gasteiger partial charge >= 0.3 is 0 Å². The van der Waals surface area contributed by atoms with Gasteiger partial charge in [-0.05, 0) is 42.4 Å². The number of rotatable bonds is 6. The number of fused-ring (bicyclic) bond motifs is 1. The Bertz CT molecular complexity index is 716. The van der Waals surface area contributed by atoms with E-state index in [-0.39, 0.29) is 6.10 Å². The van der Waals surface area contributed by atoms with E-state index in [0.717, 1.165) is 18.7 Å². The summed E-state index contributed by atoms with van der Waals surface area (Å²) in [6.45, 7) is 1.01. The van der Waals surface area contributed by atoms with Gasteiger partial charge in [0, 0.05) is 23.9 Å². The quantitative estimate of drug-likeness (QED) is 0.637. The molecule has 3 heteroatoms. The highest BCUT2D eigenvalue weighted by Crippen LogP contribution is 2.31. The Morgan fingerprint density at radius 2 is 1.86 bits per heavy atom.